The molecule has 1 amide bonds. The first-order chi connectivity index (χ1) is 11.5. The third kappa shape index (κ3) is 3.44. The molecule has 1 fully saturated rings. The second-order valence-electron chi connectivity index (χ2n) is 5.52. The van der Waals surface area contributed by atoms with Crippen LogP contribution in [0.3, 0.4) is 0 Å². The van der Waals surface area contributed by atoms with Gasteiger partial charge in [0.1, 0.15) is 21.9 Å². The van der Waals surface area contributed by atoms with Crippen molar-refractivity contribution in [2.75, 3.05) is 31.1 Å². The van der Waals surface area contributed by atoms with Crippen molar-refractivity contribution in [2.24, 2.45) is 0 Å². The van der Waals surface area contributed by atoms with Crippen molar-refractivity contribution in [3.05, 3.63) is 51.6 Å². The Morgan fingerprint density at radius 1 is 1.21 bits per heavy atom. The number of halogens is 3. The van der Waals surface area contributed by atoms with Crippen molar-refractivity contribution in [1.82, 2.24) is 14.9 Å². The number of rotatable bonds is 2. The number of hydrogen-bond acceptors (Lipinski definition) is 4. The van der Waals surface area contributed by atoms with Crippen LogP contribution in [0.15, 0.2) is 24.4 Å². The van der Waals surface area contributed by atoms with Gasteiger partial charge in [0.15, 0.2) is 0 Å². The van der Waals surface area contributed by atoms with Gasteiger partial charge >= 0.3 is 0 Å². The maximum atomic E-state index is 13.0. The maximum Gasteiger partial charge on any atom is 0.254 e. The number of nitrogens with zero attached hydrogens (tertiary/aromatic N) is 4. The molecule has 0 N–H and O–H groups in total. The highest BCUT2D eigenvalue weighted by atomic mass is 35.5. The molecule has 5 nitrogen and oxygen atoms in total. The highest BCUT2D eigenvalue weighted by molar-refractivity contribution is 6.33. The fraction of sp³-hybridized carbons (Fsp3) is 0.312. The Morgan fingerprint density at radius 2 is 1.92 bits per heavy atom. The van der Waals surface area contributed by atoms with Crippen LogP contribution in [-0.4, -0.2) is 47.0 Å². The molecule has 0 radical (unpaired) electrons. The third-order valence-corrected chi connectivity index (χ3v) is 4.58. The van der Waals surface area contributed by atoms with E-state index in [-0.39, 0.29) is 22.0 Å². The normalized spacial score (nSPS) is 14.8. The van der Waals surface area contributed by atoms with Gasteiger partial charge in [-0.05, 0) is 30.7 Å². The lowest BCUT2D eigenvalue weighted by Gasteiger charge is -2.35. The average Bonchev–Trinajstić information content (AvgIpc) is 2.58. The van der Waals surface area contributed by atoms with Crippen molar-refractivity contribution in [1.29, 1.82) is 0 Å². The first-order valence-electron chi connectivity index (χ1n) is 7.44. The van der Waals surface area contributed by atoms with E-state index in [1.807, 2.05) is 4.90 Å². The predicted molar refractivity (Wildman–Crippen MR) is 91.3 cm³/mol. The Hall–Kier alpha value is -1.92. The Morgan fingerprint density at radius 3 is 2.54 bits per heavy atom. The summed E-state index contributed by atoms with van der Waals surface area (Å²) in [5.41, 5.74) is 1.09. The molecule has 1 saturated heterocycles. The second-order valence-corrected chi connectivity index (χ2v) is 6.27. The minimum atomic E-state index is -0.366. The number of pyridine rings is 2. The number of hydrogen-bond donors (Lipinski definition) is 0. The molecule has 1 aliphatic heterocycles. The minimum absolute atomic E-state index is 0.120. The summed E-state index contributed by atoms with van der Waals surface area (Å²) in [6, 6.07) is 4.56. The van der Waals surface area contributed by atoms with Gasteiger partial charge in [-0.1, -0.05) is 23.2 Å². The van der Waals surface area contributed by atoms with Crippen LogP contribution in [0.25, 0.3) is 0 Å². The van der Waals surface area contributed by atoms with E-state index >= 15 is 0 Å². The van der Waals surface area contributed by atoms with Crippen molar-refractivity contribution < 1.29 is 9.18 Å². The van der Waals surface area contributed by atoms with Gasteiger partial charge in [0.25, 0.3) is 5.91 Å². The van der Waals surface area contributed by atoms with E-state index in [1.165, 1.54) is 12.3 Å². The number of piperazine rings is 1. The molecule has 8 heteroatoms. The number of carbonyl (C=O) groups is 1. The smallest absolute Gasteiger partial charge is 0.254 e. The number of amides is 1. The van der Waals surface area contributed by atoms with Crippen LogP contribution < -0.4 is 4.90 Å². The van der Waals surface area contributed by atoms with Crippen molar-refractivity contribution in [3.8, 4) is 0 Å². The molecule has 24 heavy (non-hydrogen) atoms. The topological polar surface area (TPSA) is 49.3 Å². The summed E-state index contributed by atoms with van der Waals surface area (Å²) in [5, 5.41) is 0.433. The van der Waals surface area contributed by atoms with Crippen molar-refractivity contribution in [3.63, 3.8) is 0 Å². The Labute approximate surface area is 149 Å². The van der Waals surface area contributed by atoms with E-state index in [0.717, 1.165) is 0 Å². The first kappa shape index (κ1) is 16.9. The lowest BCUT2D eigenvalue weighted by Crippen LogP contribution is -2.49. The maximum absolute atomic E-state index is 13.0. The molecule has 2 aromatic rings. The van der Waals surface area contributed by atoms with Gasteiger partial charge in [-0.2, -0.15) is 0 Å². The second kappa shape index (κ2) is 6.91. The minimum Gasteiger partial charge on any atom is -0.353 e. The summed E-state index contributed by atoms with van der Waals surface area (Å²) in [6.07, 6.45) is 1.19. The molecule has 126 valence electrons. The SMILES string of the molecule is Cc1c(C(=O)N2CCN(c3ccc(F)cn3)CC2)cc(Cl)nc1Cl. The number of anilines is 1. The standard InChI is InChI=1S/C16H15Cl2FN4O/c1-10-12(8-13(17)21-15(10)18)16(24)23-6-4-22(5-7-23)14-3-2-11(19)9-20-14/h2-3,8-9H,4-7H2,1H3. The molecular weight excluding hydrogens is 354 g/mol. The molecule has 0 bridgehead atoms. The van der Waals surface area contributed by atoms with E-state index < -0.39 is 0 Å². The van der Waals surface area contributed by atoms with Gasteiger partial charge in [-0.3, -0.25) is 4.79 Å². The molecule has 0 aromatic carbocycles. The predicted octanol–water partition coefficient (Wildman–Crippen LogP) is 3.19. The summed E-state index contributed by atoms with van der Waals surface area (Å²) >= 11 is 11.9. The van der Waals surface area contributed by atoms with E-state index in [4.69, 9.17) is 23.2 Å². The summed E-state index contributed by atoms with van der Waals surface area (Å²) in [5.74, 6) is 0.217. The molecule has 3 rings (SSSR count). The molecule has 0 unspecified atom stereocenters. The van der Waals surface area contributed by atoms with E-state index in [1.54, 1.807) is 24.0 Å². The zero-order valence-electron chi connectivity index (χ0n) is 13.0. The van der Waals surface area contributed by atoms with E-state index in [0.29, 0.717) is 43.1 Å². The van der Waals surface area contributed by atoms with Crippen LogP contribution in [0.1, 0.15) is 15.9 Å². The third-order valence-electron chi connectivity index (χ3n) is 4.01. The molecular formula is C16H15Cl2FN4O. The van der Waals surface area contributed by atoms with Crippen molar-refractivity contribution in [2.45, 2.75) is 6.92 Å². The number of carbonyl (C=O) groups excluding carboxylic acids is 1. The quantitative estimate of drug-likeness (QED) is 0.763. The van der Waals surface area contributed by atoms with Gasteiger partial charge in [-0.25, -0.2) is 14.4 Å². The molecule has 1 aliphatic rings. The van der Waals surface area contributed by atoms with Gasteiger partial charge in [-0.15, -0.1) is 0 Å². The van der Waals surface area contributed by atoms with Crippen LogP contribution in [0.2, 0.25) is 10.3 Å². The Balaban J connectivity index is 1.70. The first-order valence-corrected chi connectivity index (χ1v) is 8.19. The molecule has 0 saturated carbocycles. The largest absolute Gasteiger partial charge is 0.353 e. The van der Waals surface area contributed by atoms with Crippen LogP contribution in [0, 0.1) is 12.7 Å². The molecule has 0 aliphatic carbocycles. The molecule has 0 atom stereocenters. The van der Waals surface area contributed by atoms with Crippen molar-refractivity contribution >= 4 is 34.9 Å². The summed E-state index contributed by atoms with van der Waals surface area (Å²) in [7, 11) is 0. The highest BCUT2D eigenvalue weighted by Crippen LogP contribution is 2.23. The van der Waals surface area contributed by atoms with E-state index in [9.17, 15) is 9.18 Å². The zero-order valence-corrected chi connectivity index (χ0v) is 14.5. The molecule has 3 heterocycles. The Kier molecular flexibility index (Phi) is 4.87. The number of aromatic nitrogens is 2. The summed E-state index contributed by atoms with van der Waals surface area (Å²) in [4.78, 5) is 24.5. The van der Waals surface area contributed by atoms with E-state index in [2.05, 4.69) is 9.97 Å². The van der Waals surface area contributed by atoms with Crippen LogP contribution in [-0.2, 0) is 0 Å². The lowest BCUT2D eigenvalue weighted by molar-refractivity contribution is 0.0745. The fourth-order valence-electron chi connectivity index (χ4n) is 2.63. The van der Waals surface area contributed by atoms with Crippen LogP contribution >= 0.6 is 23.2 Å². The van der Waals surface area contributed by atoms with Gasteiger partial charge in [0, 0.05) is 31.7 Å². The van der Waals surface area contributed by atoms with Gasteiger partial charge in [0.2, 0.25) is 0 Å². The lowest BCUT2D eigenvalue weighted by atomic mass is 10.1. The summed E-state index contributed by atoms with van der Waals surface area (Å²) < 4.78 is 13.0. The van der Waals surface area contributed by atoms with Gasteiger partial charge < -0.3 is 9.80 Å². The molecule has 0 spiro atoms. The van der Waals surface area contributed by atoms with Gasteiger partial charge in [0.05, 0.1) is 6.20 Å². The average molecular weight is 369 g/mol. The molecule has 2 aromatic heterocycles. The zero-order chi connectivity index (χ0) is 17.3. The fourth-order valence-corrected chi connectivity index (χ4v) is 3.06. The monoisotopic (exact) mass is 368 g/mol. The Bertz CT molecular complexity index is 761. The van der Waals surface area contributed by atoms with Crippen LogP contribution in [0.4, 0.5) is 10.2 Å². The highest BCUT2D eigenvalue weighted by Gasteiger charge is 2.25. The van der Waals surface area contributed by atoms with Crippen LogP contribution in [0.5, 0.6) is 0 Å². The summed E-state index contributed by atoms with van der Waals surface area (Å²) in [6.45, 7) is 4.06.